The standard InChI is InChI=1S/C16H21NO3/c1-4-10-15(19)14-12(18)6-5-9-7-17(2)8-11(13(9)14)16(10)20-3/h9,19H,4-8H2,1-3H3. The molecule has 0 spiro atoms. The number of ether oxygens (including phenoxy) is 1. The number of methoxy groups -OCH3 is 1. The molecule has 0 fully saturated rings. The molecule has 1 N–H and O–H groups in total. The lowest BCUT2D eigenvalue weighted by Gasteiger charge is -2.38. The maximum absolute atomic E-state index is 12.3. The van der Waals surface area contributed by atoms with E-state index < -0.39 is 0 Å². The third-order valence-electron chi connectivity index (χ3n) is 4.59. The molecular formula is C16H21NO3. The van der Waals surface area contributed by atoms with Crippen LogP contribution >= 0.6 is 0 Å². The molecule has 1 aliphatic carbocycles. The third kappa shape index (κ3) is 1.74. The summed E-state index contributed by atoms with van der Waals surface area (Å²) in [7, 11) is 3.74. The highest BCUT2D eigenvalue weighted by Gasteiger charge is 2.37. The van der Waals surface area contributed by atoms with Crippen LogP contribution in [0.25, 0.3) is 0 Å². The van der Waals surface area contributed by atoms with Crippen LogP contribution in [0.3, 0.4) is 0 Å². The van der Waals surface area contributed by atoms with E-state index in [4.69, 9.17) is 4.74 Å². The summed E-state index contributed by atoms with van der Waals surface area (Å²) in [5, 5.41) is 10.5. The zero-order chi connectivity index (χ0) is 14.4. The van der Waals surface area contributed by atoms with Crippen LogP contribution in [0.5, 0.6) is 11.5 Å². The van der Waals surface area contributed by atoms with Crippen molar-refractivity contribution >= 4 is 5.78 Å². The van der Waals surface area contributed by atoms with E-state index >= 15 is 0 Å². The second-order valence-corrected chi connectivity index (χ2v) is 5.84. The number of hydrogen-bond donors (Lipinski definition) is 1. The van der Waals surface area contributed by atoms with Gasteiger partial charge in [-0.1, -0.05) is 6.92 Å². The van der Waals surface area contributed by atoms with E-state index in [1.807, 2.05) is 6.92 Å². The fourth-order valence-corrected chi connectivity index (χ4v) is 3.77. The number of nitrogens with zero attached hydrogens (tertiary/aromatic N) is 1. The lowest BCUT2D eigenvalue weighted by molar-refractivity contribution is 0.0955. The molecule has 0 radical (unpaired) electrons. The van der Waals surface area contributed by atoms with Crippen molar-refractivity contribution in [2.75, 3.05) is 20.7 Å². The molecule has 1 atom stereocenters. The van der Waals surface area contributed by atoms with Gasteiger partial charge < -0.3 is 14.7 Å². The SMILES string of the molecule is CCc1c(O)c2c3c(c1OC)CN(C)CC3CCC2=O. The number of carbonyl (C=O) groups excluding carboxylic acids is 1. The van der Waals surface area contributed by atoms with Gasteiger partial charge >= 0.3 is 0 Å². The largest absolute Gasteiger partial charge is 0.507 e. The molecular weight excluding hydrogens is 254 g/mol. The van der Waals surface area contributed by atoms with E-state index in [2.05, 4.69) is 11.9 Å². The Morgan fingerprint density at radius 3 is 2.85 bits per heavy atom. The normalized spacial score (nSPS) is 21.8. The van der Waals surface area contributed by atoms with Crippen molar-refractivity contribution in [3.05, 3.63) is 22.3 Å². The number of phenolic OH excluding ortho intramolecular Hbond substituents is 1. The molecule has 0 aromatic heterocycles. The lowest BCUT2D eigenvalue weighted by atomic mass is 9.75. The second kappa shape index (κ2) is 4.77. The van der Waals surface area contributed by atoms with Crippen LogP contribution in [-0.2, 0) is 13.0 Å². The van der Waals surface area contributed by atoms with Crippen LogP contribution in [0.4, 0.5) is 0 Å². The summed E-state index contributed by atoms with van der Waals surface area (Å²) < 4.78 is 5.57. The number of rotatable bonds is 2. The van der Waals surface area contributed by atoms with E-state index in [9.17, 15) is 9.90 Å². The molecule has 0 amide bonds. The summed E-state index contributed by atoms with van der Waals surface area (Å²) in [4.78, 5) is 14.5. The van der Waals surface area contributed by atoms with Gasteiger partial charge in [-0.05, 0) is 31.4 Å². The van der Waals surface area contributed by atoms with Crippen molar-refractivity contribution in [3.8, 4) is 11.5 Å². The Bertz CT molecular complexity index is 580. The van der Waals surface area contributed by atoms with Crippen LogP contribution in [0.15, 0.2) is 0 Å². The van der Waals surface area contributed by atoms with E-state index in [0.717, 1.165) is 42.0 Å². The van der Waals surface area contributed by atoms with E-state index in [0.29, 0.717) is 24.3 Å². The van der Waals surface area contributed by atoms with Gasteiger partial charge in [0.1, 0.15) is 11.5 Å². The monoisotopic (exact) mass is 275 g/mol. The highest BCUT2D eigenvalue weighted by atomic mass is 16.5. The number of likely N-dealkylation sites (N-methyl/N-ethyl adjacent to an activating group) is 1. The Balaban J connectivity index is 2.35. The number of phenols is 1. The molecule has 1 aliphatic heterocycles. The minimum Gasteiger partial charge on any atom is -0.507 e. The first-order valence-corrected chi connectivity index (χ1v) is 7.24. The summed E-state index contributed by atoms with van der Waals surface area (Å²) in [6, 6.07) is 0. The summed E-state index contributed by atoms with van der Waals surface area (Å²) >= 11 is 0. The average Bonchev–Trinajstić information content (AvgIpc) is 2.43. The first-order valence-electron chi connectivity index (χ1n) is 7.24. The van der Waals surface area contributed by atoms with Crippen LogP contribution in [0.1, 0.15) is 52.7 Å². The quantitative estimate of drug-likeness (QED) is 0.901. The molecule has 3 rings (SSSR count). The van der Waals surface area contributed by atoms with Crippen molar-refractivity contribution in [2.24, 2.45) is 0 Å². The van der Waals surface area contributed by atoms with Crippen molar-refractivity contribution in [2.45, 2.75) is 38.6 Å². The average molecular weight is 275 g/mol. The Hall–Kier alpha value is -1.55. The van der Waals surface area contributed by atoms with Crippen molar-refractivity contribution in [3.63, 3.8) is 0 Å². The molecule has 20 heavy (non-hydrogen) atoms. The van der Waals surface area contributed by atoms with Gasteiger partial charge in [-0.25, -0.2) is 0 Å². The number of ketones is 1. The van der Waals surface area contributed by atoms with Crippen LogP contribution in [0.2, 0.25) is 0 Å². The Labute approximate surface area is 119 Å². The number of aromatic hydroxyl groups is 1. The zero-order valence-corrected chi connectivity index (χ0v) is 12.3. The predicted molar refractivity (Wildman–Crippen MR) is 76.7 cm³/mol. The van der Waals surface area contributed by atoms with Crippen LogP contribution in [-0.4, -0.2) is 36.5 Å². The smallest absolute Gasteiger partial charge is 0.166 e. The number of carbonyl (C=O) groups is 1. The molecule has 0 saturated carbocycles. The van der Waals surface area contributed by atoms with Crippen molar-refractivity contribution in [1.29, 1.82) is 0 Å². The van der Waals surface area contributed by atoms with Gasteiger partial charge in [-0.15, -0.1) is 0 Å². The summed E-state index contributed by atoms with van der Waals surface area (Å²) in [6.45, 7) is 3.71. The zero-order valence-electron chi connectivity index (χ0n) is 12.3. The van der Waals surface area contributed by atoms with Gasteiger partial charge in [0, 0.05) is 30.6 Å². The van der Waals surface area contributed by atoms with Crippen LogP contribution < -0.4 is 4.74 Å². The first kappa shape index (κ1) is 13.4. The molecule has 1 aromatic rings. The predicted octanol–water partition coefficient (Wildman–Crippen LogP) is 2.47. The fraction of sp³-hybridized carbons (Fsp3) is 0.562. The van der Waals surface area contributed by atoms with E-state index in [1.165, 1.54) is 0 Å². The molecule has 0 bridgehead atoms. The molecule has 0 saturated heterocycles. The van der Waals surface area contributed by atoms with Gasteiger partial charge in [0.05, 0.1) is 12.7 Å². The molecule has 1 unspecified atom stereocenters. The molecule has 2 aliphatic rings. The van der Waals surface area contributed by atoms with Gasteiger partial charge in [-0.2, -0.15) is 0 Å². The van der Waals surface area contributed by atoms with Gasteiger partial charge in [0.2, 0.25) is 0 Å². The number of benzene rings is 1. The highest BCUT2D eigenvalue weighted by molar-refractivity contribution is 6.02. The number of Topliss-reactive ketones (excluding diaryl/α,β-unsaturated/α-hetero) is 1. The topological polar surface area (TPSA) is 49.8 Å². The summed E-state index contributed by atoms with van der Waals surface area (Å²) in [6.07, 6.45) is 2.07. The van der Waals surface area contributed by atoms with Crippen LogP contribution in [0, 0.1) is 0 Å². The van der Waals surface area contributed by atoms with Crippen molar-refractivity contribution < 1.29 is 14.6 Å². The van der Waals surface area contributed by atoms with Gasteiger partial charge in [0.25, 0.3) is 0 Å². The minimum atomic E-state index is 0.0805. The lowest BCUT2D eigenvalue weighted by Crippen LogP contribution is -2.35. The minimum absolute atomic E-state index is 0.0805. The molecule has 108 valence electrons. The molecule has 4 heteroatoms. The van der Waals surface area contributed by atoms with E-state index in [1.54, 1.807) is 7.11 Å². The van der Waals surface area contributed by atoms with E-state index in [-0.39, 0.29) is 11.5 Å². The van der Waals surface area contributed by atoms with Crippen molar-refractivity contribution in [1.82, 2.24) is 4.90 Å². The van der Waals surface area contributed by atoms with Gasteiger partial charge in [-0.3, -0.25) is 4.79 Å². The second-order valence-electron chi connectivity index (χ2n) is 5.84. The maximum Gasteiger partial charge on any atom is 0.166 e. The first-order chi connectivity index (χ1) is 9.58. The molecule has 1 heterocycles. The Morgan fingerprint density at radius 1 is 1.45 bits per heavy atom. The highest BCUT2D eigenvalue weighted by Crippen LogP contribution is 2.48. The molecule has 4 nitrogen and oxygen atoms in total. The molecule has 1 aromatic carbocycles. The Kier molecular flexibility index (Phi) is 3.21. The summed E-state index contributed by atoms with van der Waals surface area (Å²) in [5.74, 6) is 1.34. The summed E-state index contributed by atoms with van der Waals surface area (Å²) in [5.41, 5.74) is 3.49. The fourth-order valence-electron chi connectivity index (χ4n) is 3.77. The van der Waals surface area contributed by atoms with Gasteiger partial charge in [0.15, 0.2) is 5.78 Å². The maximum atomic E-state index is 12.3. The number of hydrogen-bond acceptors (Lipinski definition) is 4. The third-order valence-corrected chi connectivity index (χ3v) is 4.59. The Morgan fingerprint density at radius 2 is 2.20 bits per heavy atom.